The fraction of sp³-hybridized carbons (Fsp3) is 0.692. The minimum Gasteiger partial charge on any atom is -0.359 e. The minimum atomic E-state index is 0.0757. The molecule has 0 aliphatic carbocycles. The average Bonchev–Trinajstić information content (AvgIpc) is 2.76. The molecule has 1 amide bonds. The van der Waals surface area contributed by atoms with Crippen LogP contribution in [-0.4, -0.2) is 40.5 Å². The van der Waals surface area contributed by atoms with E-state index in [4.69, 9.17) is 0 Å². The molecule has 5 nitrogen and oxygen atoms in total. The largest absolute Gasteiger partial charge is 0.359 e. The molecule has 1 unspecified atom stereocenters. The Hall–Kier alpha value is -1.36. The first-order valence-corrected chi connectivity index (χ1v) is 6.37. The Balaban J connectivity index is 2.60. The number of imidazole rings is 1. The van der Waals surface area contributed by atoms with Gasteiger partial charge in [-0.15, -0.1) is 0 Å². The first-order chi connectivity index (χ1) is 8.45. The number of rotatable bonds is 6. The highest BCUT2D eigenvalue weighted by Gasteiger charge is 2.15. The molecule has 0 fully saturated rings. The number of carbonyl (C=O) groups is 1. The third-order valence-corrected chi connectivity index (χ3v) is 3.23. The first kappa shape index (κ1) is 14.7. The Labute approximate surface area is 109 Å². The molecule has 0 bridgehead atoms. The zero-order valence-electron chi connectivity index (χ0n) is 12.0. The second-order valence-corrected chi connectivity index (χ2v) is 5.03. The van der Waals surface area contributed by atoms with Crippen molar-refractivity contribution >= 4 is 5.91 Å². The number of nitrogens with one attached hydrogen (secondary N) is 1. The number of nitrogens with zero attached hydrogens (tertiary/aromatic N) is 3. The SMILES string of the molecule is CNC(=O)CC(C)N(C)Cc1cncn1C(C)C. The Kier molecular flexibility index (Phi) is 5.34. The van der Waals surface area contributed by atoms with Crippen molar-refractivity contribution in [1.82, 2.24) is 19.8 Å². The van der Waals surface area contributed by atoms with Gasteiger partial charge in [-0.2, -0.15) is 0 Å². The fourth-order valence-corrected chi connectivity index (χ4v) is 1.86. The lowest BCUT2D eigenvalue weighted by Gasteiger charge is -2.25. The van der Waals surface area contributed by atoms with Crippen molar-refractivity contribution in [3.8, 4) is 0 Å². The maximum atomic E-state index is 11.3. The molecule has 1 heterocycles. The van der Waals surface area contributed by atoms with Gasteiger partial charge in [0.05, 0.1) is 12.0 Å². The summed E-state index contributed by atoms with van der Waals surface area (Å²) in [6, 6.07) is 0.616. The van der Waals surface area contributed by atoms with E-state index in [0.29, 0.717) is 12.5 Å². The molecule has 0 aliphatic rings. The van der Waals surface area contributed by atoms with E-state index >= 15 is 0 Å². The third-order valence-electron chi connectivity index (χ3n) is 3.23. The standard InChI is InChI=1S/C13H24N4O/c1-10(2)17-9-15-7-12(17)8-16(5)11(3)6-13(18)14-4/h7,9-11H,6,8H2,1-5H3,(H,14,18). The second kappa shape index (κ2) is 6.54. The lowest BCUT2D eigenvalue weighted by Crippen LogP contribution is -2.34. The van der Waals surface area contributed by atoms with Crippen molar-refractivity contribution in [3.05, 3.63) is 18.2 Å². The first-order valence-electron chi connectivity index (χ1n) is 6.37. The minimum absolute atomic E-state index is 0.0757. The molecule has 0 saturated carbocycles. The van der Waals surface area contributed by atoms with Crippen LogP contribution in [0.5, 0.6) is 0 Å². The van der Waals surface area contributed by atoms with Crippen molar-refractivity contribution in [2.45, 2.75) is 45.8 Å². The van der Waals surface area contributed by atoms with E-state index in [1.54, 1.807) is 7.05 Å². The van der Waals surface area contributed by atoms with Gasteiger partial charge in [0.25, 0.3) is 0 Å². The van der Waals surface area contributed by atoms with E-state index in [0.717, 1.165) is 6.54 Å². The predicted octanol–water partition coefficient (Wildman–Crippen LogP) is 1.42. The van der Waals surface area contributed by atoms with E-state index in [-0.39, 0.29) is 11.9 Å². The summed E-state index contributed by atoms with van der Waals surface area (Å²) >= 11 is 0. The van der Waals surface area contributed by atoms with Crippen molar-refractivity contribution in [1.29, 1.82) is 0 Å². The molecule has 1 N–H and O–H groups in total. The van der Waals surface area contributed by atoms with Gasteiger partial charge in [0, 0.05) is 38.3 Å². The predicted molar refractivity (Wildman–Crippen MR) is 72.2 cm³/mol. The Morgan fingerprint density at radius 1 is 1.50 bits per heavy atom. The molecule has 1 aromatic heterocycles. The summed E-state index contributed by atoms with van der Waals surface area (Å²) in [4.78, 5) is 17.7. The summed E-state index contributed by atoms with van der Waals surface area (Å²) in [5.74, 6) is 0.0757. The zero-order chi connectivity index (χ0) is 13.7. The molecule has 1 aromatic rings. The van der Waals surface area contributed by atoms with Crippen LogP contribution >= 0.6 is 0 Å². The summed E-state index contributed by atoms with van der Waals surface area (Å²) in [7, 11) is 3.70. The molecule has 5 heteroatoms. The Morgan fingerprint density at radius 2 is 2.17 bits per heavy atom. The molecule has 18 heavy (non-hydrogen) atoms. The second-order valence-electron chi connectivity index (χ2n) is 5.03. The van der Waals surface area contributed by atoms with E-state index in [1.807, 2.05) is 19.6 Å². The normalized spacial score (nSPS) is 13.1. The molecule has 1 rings (SSSR count). The van der Waals surface area contributed by atoms with Crippen molar-refractivity contribution in [3.63, 3.8) is 0 Å². The van der Waals surface area contributed by atoms with Gasteiger partial charge in [0.1, 0.15) is 0 Å². The molecular weight excluding hydrogens is 228 g/mol. The van der Waals surface area contributed by atoms with E-state index in [1.165, 1.54) is 5.69 Å². The summed E-state index contributed by atoms with van der Waals surface area (Å²) < 4.78 is 2.16. The maximum absolute atomic E-state index is 11.3. The molecule has 0 spiro atoms. The van der Waals surface area contributed by atoms with Crippen LogP contribution in [0.2, 0.25) is 0 Å². The van der Waals surface area contributed by atoms with Crippen molar-refractivity contribution in [2.24, 2.45) is 0 Å². The van der Waals surface area contributed by atoms with Gasteiger partial charge in [-0.3, -0.25) is 9.69 Å². The molecular formula is C13H24N4O. The lowest BCUT2D eigenvalue weighted by atomic mass is 10.2. The highest BCUT2D eigenvalue weighted by Crippen LogP contribution is 2.12. The van der Waals surface area contributed by atoms with E-state index in [9.17, 15) is 4.79 Å². The summed E-state index contributed by atoms with van der Waals surface area (Å²) in [5, 5.41) is 2.66. The highest BCUT2D eigenvalue weighted by atomic mass is 16.1. The molecule has 0 saturated heterocycles. The van der Waals surface area contributed by atoms with Crippen LogP contribution in [0.15, 0.2) is 12.5 Å². The van der Waals surface area contributed by atoms with Crippen molar-refractivity contribution in [2.75, 3.05) is 14.1 Å². The molecule has 102 valence electrons. The molecule has 0 radical (unpaired) electrons. The summed E-state index contributed by atoms with van der Waals surface area (Å²) in [6.45, 7) is 7.14. The average molecular weight is 252 g/mol. The van der Waals surface area contributed by atoms with Gasteiger partial charge in [-0.05, 0) is 27.8 Å². The van der Waals surface area contributed by atoms with Crippen LogP contribution in [-0.2, 0) is 11.3 Å². The lowest BCUT2D eigenvalue weighted by molar-refractivity contribution is -0.121. The quantitative estimate of drug-likeness (QED) is 0.833. The van der Waals surface area contributed by atoms with Gasteiger partial charge in [-0.25, -0.2) is 4.98 Å². The number of aromatic nitrogens is 2. The number of hydrogen-bond donors (Lipinski definition) is 1. The highest BCUT2D eigenvalue weighted by molar-refractivity contribution is 5.76. The Morgan fingerprint density at radius 3 is 2.72 bits per heavy atom. The van der Waals surface area contributed by atoms with Crippen LogP contribution in [0, 0.1) is 0 Å². The van der Waals surface area contributed by atoms with Crippen LogP contribution in [0.1, 0.15) is 38.9 Å². The molecule has 0 aromatic carbocycles. The van der Waals surface area contributed by atoms with Crippen LogP contribution < -0.4 is 5.32 Å². The van der Waals surface area contributed by atoms with Gasteiger partial charge < -0.3 is 9.88 Å². The number of hydrogen-bond acceptors (Lipinski definition) is 3. The van der Waals surface area contributed by atoms with E-state index in [2.05, 4.69) is 40.5 Å². The zero-order valence-corrected chi connectivity index (χ0v) is 12.0. The Bertz CT molecular complexity index is 386. The molecule has 0 aliphatic heterocycles. The van der Waals surface area contributed by atoms with Crippen molar-refractivity contribution < 1.29 is 4.79 Å². The van der Waals surface area contributed by atoms with Gasteiger partial charge in [-0.1, -0.05) is 0 Å². The monoisotopic (exact) mass is 252 g/mol. The third kappa shape index (κ3) is 3.84. The topological polar surface area (TPSA) is 50.2 Å². The van der Waals surface area contributed by atoms with Crippen LogP contribution in [0.3, 0.4) is 0 Å². The van der Waals surface area contributed by atoms with Crippen LogP contribution in [0.4, 0.5) is 0 Å². The van der Waals surface area contributed by atoms with Gasteiger partial charge in [0.2, 0.25) is 5.91 Å². The van der Waals surface area contributed by atoms with Crippen LogP contribution in [0.25, 0.3) is 0 Å². The van der Waals surface area contributed by atoms with Gasteiger partial charge >= 0.3 is 0 Å². The molecule has 1 atom stereocenters. The number of amides is 1. The maximum Gasteiger partial charge on any atom is 0.221 e. The van der Waals surface area contributed by atoms with E-state index < -0.39 is 0 Å². The summed E-state index contributed by atoms with van der Waals surface area (Å²) in [5.41, 5.74) is 1.18. The fourth-order valence-electron chi connectivity index (χ4n) is 1.86. The van der Waals surface area contributed by atoms with Gasteiger partial charge in [0.15, 0.2) is 0 Å². The summed E-state index contributed by atoms with van der Waals surface area (Å²) in [6.07, 6.45) is 4.27. The number of carbonyl (C=O) groups excluding carboxylic acids is 1. The smallest absolute Gasteiger partial charge is 0.221 e.